The van der Waals surface area contributed by atoms with E-state index in [9.17, 15) is 10.2 Å². The molecule has 0 unspecified atom stereocenters. The zero-order chi connectivity index (χ0) is 13.3. The zero-order valence-corrected chi connectivity index (χ0v) is 10.9. The summed E-state index contributed by atoms with van der Waals surface area (Å²) >= 11 is 0. The Bertz CT molecular complexity index is 566. The first kappa shape index (κ1) is 12.5. The molecule has 2 aromatic rings. The third-order valence-corrected chi connectivity index (χ3v) is 3.01. The van der Waals surface area contributed by atoms with Crippen molar-refractivity contribution >= 4 is 0 Å². The maximum atomic E-state index is 9.96. The maximum absolute atomic E-state index is 9.96. The quantitative estimate of drug-likeness (QED) is 0.791. The molecule has 2 N–H and O–H groups in total. The first-order chi connectivity index (χ1) is 8.39. The SMILES string of the molecule is CC(C)(C)c1cc(O)ccc1-c1ccccc1O. The normalized spacial score (nSPS) is 11.5. The Hall–Kier alpha value is -1.96. The fraction of sp³-hybridized carbons (Fsp3) is 0.250. The molecule has 0 atom stereocenters. The molecular formula is C16H18O2. The minimum atomic E-state index is -0.101. The van der Waals surface area contributed by atoms with Crippen molar-refractivity contribution < 1.29 is 10.2 Å². The standard InChI is InChI=1S/C16H18O2/c1-16(2,3)14-10-11(17)8-9-12(14)13-6-4-5-7-15(13)18/h4-10,17-18H,1-3H3. The largest absolute Gasteiger partial charge is 0.508 e. The predicted octanol–water partition coefficient (Wildman–Crippen LogP) is 4.06. The lowest BCUT2D eigenvalue weighted by Crippen LogP contribution is -2.12. The molecule has 0 aliphatic heterocycles. The van der Waals surface area contributed by atoms with Gasteiger partial charge < -0.3 is 10.2 Å². The molecule has 0 aliphatic carbocycles. The molecule has 2 rings (SSSR count). The summed E-state index contributed by atoms with van der Waals surface area (Å²) in [5.74, 6) is 0.507. The van der Waals surface area contributed by atoms with E-state index in [2.05, 4.69) is 20.8 Å². The van der Waals surface area contributed by atoms with Crippen LogP contribution in [-0.4, -0.2) is 10.2 Å². The lowest BCUT2D eigenvalue weighted by Gasteiger charge is -2.23. The van der Waals surface area contributed by atoms with Crippen LogP contribution in [0.25, 0.3) is 11.1 Å². The molecule has 0 radical (unpaired) electrons. The predicted molar refractivity (Wildman–Crippen MR) is 73.9 cm³/mol. The summed E-state index contributed by atoms with van der Waals surface area (Å²) in [6.45, 7) is 6.27. The van der Waals surface area contributed by atoms with Crippen molar-refractivity contribution in [1.82, 2.24) is 0 Å². The van der Waals surface area contributed by atoms with Crippen molar-refractivity contribution in [2.75, 3.05) is 0 Å². The van der Waals surface area contributed by atoms with Gasteiger partial charge in [-0.3, -0.25) is 0 Å². The van der Waals surface area contributed by atoms with Crippen LogP contribution in [0.4, 0.5) is 0 Å². The highest BCUT2D eigenvalue weighted by Gasteiger charge is 2.20. The third kappa shape index (κ3) is 2.33. The molecule has 0 aromatic heterocycles. The van der Waals surface area contributed by atoms with Crippen LogP contribution in [0.15, 0.2) is 42.5 Å². The summed E-state index contributed by atoms with van der Waals surface area (Å²) in [4.78, 5) is 0. The van der Waals surface area contributed by atoms with E-state index in [0.717, 1.165) is 16.7 Å². The highest BCUT2D eigenvalue weighted by atomic mass is 16.3. The molecule has 2 nitrogen and oxygen atoms in total. The van der Waals surface area contributed by atoms with Gasteiger partial charge in [0, 0.05) is 5.56 Å². The lowest BCUT2D eigenvalue weighted by atomic mass is 9.81. The molecule has 0 amide bonds. The molecule has 2 aromatic carbocycles. The number of hydrogen-bond donors (Lipinski definition) is 2. The van der Waals surface area contributed by atoms with Crippen LogP contribution in [-0.2, 0) is 5.41 Å². The van der Waals surface area contributed by atoms with Crippen LogP contribution >= 0.6 is 0 Å². The van der Waals surface area contributed by atoms with Crippen molar-refractivity contribution in [2.45, 2.75) is 26.2 Å². The minimum absolute atomic E-state index is 0.101. The van der Waals surface area contributed by atoms with Gasteiger partial charge in [0.15, 0.2) is 0 Å². The summed E-state index contributed by atoms with van der Waals surface area (Å²) in [6.07, 6.45) is 0. The van der Waals surface area contributed by atoms with Gasteiger partial charge in [-0.15, -0.1) is 0 Å². The van der Waals surface area contributed by atoms with E-state index in [4.69, 9.17) is 0 Å². The molecule has 0 heterocycles. The first-order valence-electron chi connectivity index (χ1n) is 6.01. The number of hydrogen-bond acceptors (Lipinski definition) is 2. The minimum Gasteiger partial charge on any atom is -0.508 e. The fourth-order valence-electron chi connectivity index (χ4n) is 2.09. The Balaban J connectivity index is 2.69. The molecule has 0 saturated carbocycles. The second-order valence-corrected chi connectivity index (χ2v) is 5.50. The average molecular weight is 242 g/mol. The van der Waals surface area contributed by atoms with Gasteiger partial charge in [0.25, 0.3) is 0 Å². The van der Waals surface area contributed by atoms with Gasteiger partial charge in [0.05, 0.1) is 0 Å². The van der Waals surface area contributed by atoms with Crippen molar-refractivity contribution in [3.63, 3.8) is 0 Å². The summed E-state index contributed by atoms with van der Waals surface area (Å²) in [5.41, 5.74) is 2.67. The summed E-state index contributed by atoms with van der Waals surface area (Å²) in [6, 6.07) is 12.5. The summed E-state index contributed by atoms with van der Waals surface area (Å²) in [5, 5.41) is 19.6. The first-order valence-corrected chi connectivity index (χ1v) is 6.01. The van der Waals surface area contributed by atoms with Crippen LogP contribution in [0.5, 0.6) is 11.5 Å². The van der Waals surface area contributed by atoms with Crippen LogP contribution in [0.2, 0.25) is 0 Å². The Labute approximate surface area is 108 Å². The lowest BCUT2D eigenvalue weighted by molar-refractivity contribution is 0.470. The van der Waals surface area contributed by atoms with Crippen LogP contribution in [0.1, 0.15) is 26.3 Å². The zero-order valence-electron chi connectivity index (χ0n) is 10.9. The number of aromatic hydroxyl groups is 2. The van der Waals surface area contributed by atoms with Crippen molar-refractivity contribution in [3.8, 4) is 22.6 Å². The molecule has 18 heavy (non-hydrogen) atoms. The van der Waals surface area contributed by atoms with Gasteiger partial charge in [-0.25, -0.2) is 0 Å². The van der Waals surface area contributed by atoms with Gasteiger partial charge in [-0.05, 0) is 34.7 Å². The highest BCUT2D eigenvalue weighted by molar-refractivity contribution is 5.74. The molecule has 0 saturated heterocycles. The van der Waals surface area contributed by atoms with Gasteiger partial charge >= 0.3 is 0 Å². The van der Waals surface area contributed by atoms with Crippen LogP contribution < -0.4 is 0 Å². The van der Waals surface area contributed by atoms with Gasteiger partial charge in [-0.2, -0.15) is 0 Å². The van der Waals surface area contributed by atoms with E-state index in [1.807, 2.05) is 18.2 Å². The second-order valence-electron chi connectivity index (χ2n) is 5.50. The van der Waals surface area contributed by atoms with Gasteiger partial charge in [0.1, 0.15) is 11.5 Å². The van der Waals surface area contributed by atoms with Crippen molar-refractivity contribution in [3.05, 3.63) is 48.0 Å². The van der Waals surface area contributed by atoms with E-state index >= 15 is 0 Å². The van der Waals surface area contributed by atoms with E-state index in [1.54, 1.807) is 24.3 Å². The number of benzene rings is 2. The Morgan fingerprint density at radius 2 is 1.50 bits per heavy atom. The number of phenols is 2. The topological polar surface area (TPSA) is 40.5 Å². The Morgan fingerprint density at radius 1 is 0.833 bits per heavy atom. The second kappa shape index (κ2) is 4.37. The van der Waals surface area contributed by atoms with E-state index < -0.39 is 0 Å². The summed E-state index contributed by atoms with van der Waals surface area (Å²) < 4.78 is 0. The molecule has 2 heteroatoms. The Morgan fingerprint density at radius 3 is 2.11 bits per heavy atom. The maximum Gasteiger partial charge on any atom is 0.123 e. The van der Waals surface area contributed by atoms with Gasteiger partial charge in [-0.1, -0.05) is 45.0 Å². The fourth-order valence-corrected chi connectivity index (χ4v) is 2.09. The van der Waals surface area contributed by atoms with Crippen molar-refractivity contribution in [1.29, 1.82) is 0 Å². The molecular weight excluding hydrogens is 224 g/mol. The molecule has 0 spiro atoms. The molecule has 0 bridgehead atoms. The summed E-state index contributed by atoms with van der Waals surface area (Å²) in [7, 11) is 0. The number of para-hydroxylation sites is 1. The number of rotatable bonds is 1. The van der Waals surface area contributed by atoms with Gasteiger partial charge in [0.2, 0.25) is 0 Å². The smallest absolute Gasteiger partial charge is 0.123 e. The van der Waals surface area contributed by atoms with E-state index in [0.29, 0.717) is 0 Å². The average Bonchev–Trinajstić information content (AvgIpc) is 2.29. The van der Waals surface area contributed by atoms with Crippen LogP contribution in [0.3, 0.4) is 0 Å². The molecule has 0 aliphatic rings. The number of phenolic OH excluding ortho intramolecular Hbond substituents is 2. The third-order valence-electron chi connectivity index (χ3n) is 3.01. The highest BCUT2D eigenvalue weighted by Crippen LogP contribution is 2.38. The van der Waals surface area contributed by atoms with E-state index in [-0.39, 0.29) is 16.9 Å². The monoisotopic (exact) mass is 242 g/mol. The molecule has 0 fully saturated rings. The molecule has 94 valence electrons. The van der Waals surface area contributed by atoms with Crippen molar-refractivity contribution in [2.24, 2.45) is 0 Å². The Kier molecular flexibility index (Phi) is 3.04. The van der Waals surface area contributed by atoms with E-state index in [1.165, 1.54) is 0 Å². The van der Waals surface area contributed by atoms with Crippen LogP contribution in [0, 0.1) is 0 Å².